The van der Waals surface area contributed by atoms with Crippen LogP contribution in [0.3, 0.4) is 0 Å². The van der Waals surface area contributed by atoms with Crippen LogP contribution in [-0.4, -0.2) is 11.3 Å². The molecule has 1 unspecified atom stereocenters. The maximum absolute atomic E-state index is 11.3. The van der Waals surface area contributed by atoms with E-state index in [1.165, 1.54) is 12.5 Å². The summed E-state index contributed by atoms with van der Waals surface area (Å²) in [7, 11) is 1.46. The summed E-state index contributed by atoms with van der Waals surface area (Å²) >= 11 is -1.23. The first-order valence-electron chi connectivity index (χ1n) is 4.71. The number of hydrogen-bond donors (Lipinski definition) is 0. The Morgan fingerprint density at radius 2 is 1.87 bits per heavy atom. The van der Waals surface area contributed by atoms with Crippen molar-refractivity contribution in [3.05, 3.63) is 48.0 Å². The van der Waals surface area contributed by atoms with Gasteiger partial charge in [0.25, 0.3) is 0 Å². The van der Waals surface area contributed by atoms with E-state index in [1.54, 1.807) is 0 Å². The average Bonchev–Trinajstić information content (AvgIpc) is 2.29. The SMILES string of the molecule is COS(=O)Cc1cccc2ccccc12. The highest BCUT2D eigenvalue weighted by molar-refractivity contribution is 7.79. The summed E-state index contributed by atoms with van der Waals surface area (Å²) in [6.07, 6.45) is 0. The molecule has 0 saturated heterocycles. The molecular weight excluding hydrogens is 208 g/mol. The van der Waals surface area contributed by atoms with Crippen LogP contribution in [0.2, 0.25) is 0 Å². The quantitative estimate of drug-likeness (QED) is 0.795. The molecule has 0 aliphatic carbocycles. The minimum absolute atomic E-state index is 0.442. The summed E-state index contributed by atoms with van der Waals surface area (Å²) in [4.78, 5) is 0. The first-order chi connectivity index (χ1) is 7.31. The van der Waals surface area contributed by atoms with E-state index in [-0.39, 0.29) is 0 Å². The molecular formula is C12H12O2S. The predicted molar refractivity (Wildman–Crippen MR) is 62.8 cm³/mol. The van der Waals surface area contributed by atoms with Crippen LogP contribution in [0.1, 0.15) is 5.56 Å². The fraction of sp³-hybridized carbons (Fsp3) is 0.167. The molecule has 0 aromatic heterocycles. The normalized spacial score (nSPS) is 12.9. The molecule has 0 radical (unpaired) electrons. The van der Waals surface area contributed by atoms with Gasteiger partial charge in [-0.3, -0.25) is 4.18 Å². The lowest BCUT2D eigenvalue weighted by Crippen LogP contribution is -1.97. The van der Waals surface area contributed by atoms with Crippen molar-refractivity contribution in [3.8, 4) is 0 Å². The molecule has 1 atom stereocenters. The molecule has 0 saturated carbocycles. The van der Waals surface area contributed by atoms with Gasteiger partial charge in [0.1, 0.15) is 0 Å². The summed E-state index contributed by atoms with van der Waals surface area (Å²) in [5.74, 6) is 0.442. The molecule has 0 aliphatic rings. The van der Waals surface area contributed by atoms with Crippen LogP contribution in [0.4, 0.5) is 0 Å². The average molecular weight is 220 g/mol. The molecule has 2 nitrogen and oxygen atoms in total. The fourth-order valence-electron chi connectivity index (χ4n) is 1.60. The molecule has 78 valence electrons. The van der Waals surface area contributed by atoms with Crippen molar-refractivity contribution < 1.29 is 8.39 Å². The molecule has 0 spiro atoms. The molecule has 0 amide bonds. The molecule has 3 heteroatoms. The Labute approximate surface area is 91.5 Å². The van der Waals surface area contributed by atoms with Crippen molar-refractivity contribution >= 4 is 21.9 Å². The maximum Gasteiger partial charge on any atom is 0.159 e. The molecule has 0 bridgehead atoms. The Hall–Kier alpha value is -1.19. The zero-order valence-electron chi connectivity index (χ0n) is 8.47. The zero-order valence-corrected chi connectivity index (χ0v) is 9.29. The summed E-state index contributed by atoms with van der Waals surface area (Å²) in [6.45, 7) is 0. The van der Waals surface area contributed by atoms with Crippen molar-refractivity contribution in [2.45, 2.75) is 5.75 Å². The maximum atomic E-state index is 11.3. The summed E-state index contributed by atoms with van der Waals surface area (Å²) in [5, 5.41) is 2.31. The molecule has 0 fully saturated rings. The minimum Gasteiger partial charge on any atom is -0.294 e. The Balaban J connectivity index is 2.46. The highest BCUT2D eigenvalue weighted by atomic mass is 32.2. The first-order valence-corrected chi connectivity index (χ1v) is 5.95. The van der Waals surface area contributed by atoms with Crippen molar-refractivity contribution in [1.82, 2.24) is 0 Å². The second kappa shape index (κ2) is 4.55. The number of fused-ring (bicyclic) bond motifs is 1. The molecule has 0 aliphatic heterocycles. The van der Waals surface area contributed by atoms with Crippen molar-refractivity contribution in [3.63, 3.8) is 0 Å². The predicted octanol–water partition coefficient (Wildman–Crippen LogP) is 2.65. The molecule has 0 N–H and O–H groups in total. The standard InChI is InChI=1S/C12H12O2S/c1-14-15(13)9-11-7-4-6-10-5-2-3-8-12(10)11/h2-8H,9H2,1H3. The van der Waals surface area contributed by atoms with Gasteiger partial charge < -0.3 is 0 Å². The Kier molecular flexibility index (Phi) is 3.14. The van der Waals surface area contributed by atoms with Gasteiger partial charge in [0.2, 0.25) is 0 Å². The largest absolute Gasteiger partial charge is 0.294 e. The van der Waals surface area contributed by atoms with Gasteiger partial charge >= 0.3 is 0 Å². The highest BCUT2D eigenvalue weighted by Crippen LogP contribution is 2.19. The lowest BCUT2D eigenvalue weighted by Gasteiger charge is -2.04. The van der Waals surface area contributed by atoms with Gasteiger partial charge in [0.15, 0.2) is 11.1 Å². The van der Waals surface area contributed by atoms with Gasteiger partial charge in [0, 0.05) is 0 Å². The van der Waals surface area contributed by atoms with E-state index in [9.17, 15) is 4.21 Å². The second-order valence-corrected chi connectivity index (χ2v) is 4.48. The monoisotopic (exact) mass is 220 g/mol. The molecule has 0 heterocycles. The molecule has 15 heavy (non-hydrogen) atoms. The van der Waals surface area contributed by atoms with Crippen LogP contribution in [0, 0.1) is 0 Å². The molecule has 2 aromatic rings. The van der Waals surface area contributed by atoms with Gasteiger partial charge in [-0.1, -0.05) is 42.5 Å². The van der Waals surface area contributed by atoms with E-state index in [0.29, 0.717) is 5.75 Å². The van der Waals surface area contributed by atoms with Crippen molar-refractivity contribution in [2.24, 2.45) is 0 Å². The van der Waals surface area contributed by atoms with E-state index in [2.05, 4.69) is 12.1 Å². The third-order valence-corrected chi connectivity index (χ3v) is 3.26. The summed E-state index contributed by atoms with van der Waals surface area (Å²) < 4.78 is 16.1. The summed E-state index contributed by atoms with van der Waals surface area (Å²) in [6, 6.07) is 14.1. The van der Waals surface area contributed by atoms with Crippen LogP contribution in [0.25, 0.3) is 10.8 Å². The van der Waals surface area contributed by atoms with Gasteiger partial charge in [-0.05, 0) is 16.3 Å². The number of benzene rings is 2. The van der Waals surface area contributed by atoms with E-state index in [4.69, 9.17) is 4.18 Å². The highest BCUT2D eigenvalue weighted by Gasteiger charge is 2.04. The Bertz CT molecular complexity index is 488. The Morgan fingerprint density at radius 3 is 2.67 bits per heavy atom. The third-order valence-electron chi connectivity index (χ3n) is 2.34. The smallest absolute Gasteiger partial charge is 0.159 e. The van der Waals surface area contributed by atoms with E-state index < -0.39 is 11.1 Å². The first kappa shape index (κ1) is 10.3. The van der Waals surface area contributed by atoms with Crippen LogP contribution in [0.5, 0.6) is 0 Å². The second-order valence-electron chi connectivity index (χ2n) is 3.25. The number of hydrogen-bond acceptors (Lipinski definition) is 2. The van der Waals surface area contributed by atoms with Gasteiger partial charge in [-0.25, -0.2) is 4.21 Å². The fourth-order valence-corrected chi connectivity index (χ4v) is 2.23. The van der Waals surface area contributed by atoms with Crippen LogP contribution in [0.15, 0.2) is 42.5 Å². The minimum atomic E-state index is -1.23. The van der Waals surface area contributed by atoms with E-state index >= 15 is 0 Å². The molecule has 2 aromatic carbocycles. The van der Waals surface area contributed by atoms with Gasteiger partial charge in [0.05, 0.1) is 12.9 Å². The topological polar surface area (TPSA) is 26.3 Å². The number of rotatable bonds is 3. The summed E-state index contributed by atoms with van der Waals surface area (Å²) in [5.41, 5.74) is 1.06. The van der Waals surface area contributed by atoms with Crippen LogP contribution >= 0.6 is 0 Å². The van der Waals surface area contributed by atoms with E-state index in [0.717, 1.165) is 10.9 Å². The lowest BCUT2D eigenvalue weighted by atomic mass is 10.1. The van der Waals surface area contributed by atoms with Crippen LogP contribution < -0.4 is 0 Å². The molecule has 2 rings (SSSR count). The third kappa shape index (κ3) is 2.25. The van der Waals surface area contributed by atoms with Gasteiger partial charge in [-0.15, -0.1) is 0 Å². The zero-order chi connectivity index (χ0) is 10.7. The van der Waals surface area contributed by atoms with Crippen molar-refractivity contribution in [1.29, 1.82) is 0 Å². The van der Waals surface area contributed by atoms with Crippen molar-refractivity contribution in [2.75, 3.05) is 7.11 Å². The van der Waals surface area contributed by atoms with Gasteiger partial charge in [-0.2, -0.15) is 0 Å². The Morgan fingerprint density at radius 1 is 1.13 bits per heavy atom. The van der Waals surface area contributed by atoms with E-state index in [1.807, 2.05) is 30.3 Å². The van der Waals surface area contributed by atoms with Crippen LogP contribution in [-0.2, 0) is 21.0 Å². The lowest BCUT2D eigenvalue weighted by molar-refractivity contribution is 0.445.